The predicted octanol–water partition coefficient (Wildman–Crippen LogP) is 2.04. The van der Waals surface area contributed by atoms with Gasteiger partial charge in [-0.1, -0.05) is 0 Å². The first-order valence-corrected chi connectivity index (χ1v) is 6.17. The molecule has 0 aromatic heterocycles. The summed E-state index contributed by atoms with van der Waals surface area (Å²) in [5, 5.41) is 6.03. The first-order chi connectivity index (χ1) is 8.66. The Hall–Kier alpha value is -1.62. The molecular weight excluding hydrogens is 233 g/mol. The summed E-state index contributed by atoms with van der Waals surface area (Å²) in [4.78, 5) is 13.7. The third-order valence-electron chi connectivity index (χ3n) is 3.27. The fourth-order valence-electron chi connectivity index (χ4n) is 2.10. The summed E-state index contributed by atoms with van der Waals surface area (Å²) in [5.41, 5.74) is 0.613. The van der Waals surface area contributed by atoms with Crippen molar-refractivity contribution in [3.8, 4) is 0 Å². The van der Waals surface area contributed by atoms with Crippen molar-refractivity contribution in [2.45, 2.75) is 18.9 Å². The lowest BCUT2D eigenvalue weighted by molar-refractivity contribution is 0.189. The average molecular weight is 251 g/mol. The zero-order valence-electron chi connectivity index (χ0n) is 10.4. The Bertz CT molecular complexity index is 401. The minimum Gasteiger partial charge on any atom is -0.325 e. The maximum Gasteiger partial charge on any atom is 0.321 e. The molecule has 1 aromatic rings. The fourth-order valence-corrected chi connectivity index (χ4v) is 2.10. The molecule has 2 rings (SSSR count). The molecule has 1 heterocycles. The summed E-state index contributed by atoms with van der Waals surface area (Å²) in [6.07, 6.45) is 1.93. The largest absolute Gasteiger partial charge is 0.325 e. The van der Waals surface area contributed by atoms with E-state index in [9.17, 15) is 9.18 Å². The first kappa shape index (κ1) is 12.8. The Morgan fingerprint density at radius 2 is 1.94 bits per heavy atom. The van der Waals surface area contributed by atoms with E-state index < -0.39 is 0 Å². The van der Waals surface area contributed by atoms with Gasteiger partial charge in [0.15, 0.2) is 0 Å². The van der Waals surface area contributed by atoms with Gasteiger partial charge in [-0.3, -0.25) is 0 Å². The SMILES string of the molecule is CN(C(=O)Nc1ccc(F)cc1)C1CCNCC1. The van der Waals surface area contributed by atoms with Crippen LogP contribution in [0.1, 0.15) is 12.8 Å². The molecule has 0 bridgehead atoms. The highest BCUT2D eigenvalue weighted by Gasteiger charge is 2.21. The number of hydrogen-bond donors (Lipinski definition) is 2. The van der Waals surface area contributed by atoms with E-state index in [0.29, 0.717) is 5.69 Å². The number of hydrogen-bond acceptors (Lipinski definition) is 2. The van der Waals surface area contributed by atoms with E-state index in [1.165, 1.54) is 12.1 Å². The number of piperidine rings is 1. The summed E-state index contributed by atoms with van der Waals surface area (Å²) in [6.45, 7) is 1.89. The standard InChI is InChI=1S/C13H18FN3O/c1-17(12-6-8-15-9-7-12)13(18)16-11-4-2-10(14)3-5-11/h2-5,12,15H,6-9H2,1H3,(H,16,18). The second-order valence-electron chi connectivity index (χ2n) is 4.53. The van der Waals surface area contributed by atoms with Gasteiger partial charge in [0.25, 0.3) is 0 Å². The second-order valence-corrected chi connectivity index (χ2v) is 4.53. The molecule has 1 aliphatic heterocycles. The molecule has 0 saturated carbocycles. The van der Waals surface area contributed by atoms with Gasteiger partial charge < -0.3 is 15.5 Å². The minimum absolute atomic E-state index is 0.145. The van der Waals surface area contributed by atoms with Gasteiger partial charge in [-0.15, -0.1) is 0 Å². The zero-order valence-corrected chi connectivity index (χ0v) is 10.4. The number of rotatable bonds is 2. The molecule has 5 heteroatoms. The van der Waals surface area contributed by atoms with Gasteiger partial charge in [-0.05, 0) is 50.2 Å². The van der Waals surface area contributed by atoms with Crippen molar-refractivity contribution in [2.75, 3.05) is 25.5 Å². The Labute approximate surface area is 106 Å². The van der Waals surface area contributed by atoms with Gasteiger partial charge in [-0.25, -0.2) is 9.18 Å². The van der Waals surface area contributed by atoms with Crippen molar-refractivity contribution < 1.29 is 9.18 Å². The van der Waals surface area contributed by atoms with Crippen LogP contribution in [0, 0.1) is 5.82 Å². The molecule has 0 radical (unpaired) electrons. The molecule has 1 aromatic carbocycles. The monoisotopic (exact) mass is 251 g/mol. The molecule has 98 valence electrons. The molecule has 1 fully saturated rings. The molecule has 0 aliphatic carbocycles. The molecule has 1 aliphatic rings. The van der Waals surface area contributed by atoms with Crippen molar-refractivity contribution in [3.05, 3.63) is 30.1 Å². The summed E-state index contributed by atoms with van der Waals surface area (Å²) < 4.78 is 12.7. The van der Waals surface area contributed by atoms with Crippen molar-refractivity contribution in [2.24, 2.45) is 0 Å². The highest BCUT2D eigenvalue weighted by molar-refractivity contribution is 5.89. The summed E-state index contributed by atoms with van der Waals surface area (Å²) in [5.74, 6) is -0.306. The number of amides is 2. The zero-order chi connectivity index (χ0) is 13.0. The fraction of sp³-hybridized carbons (Fsp3) is 0.462. The van der Waals surface area contributed by atoms with Gasteiger partial charge >= 0.3 is 6.03 Å². The van der Waals surface area contributed by atoms with Crippen LogP contribution in [0.5, 0.6) is 0 Å². The molecule has 0 unspecified atom stereocenters. The Morgan fingerprint density at radius 1 is 1.33 bits per heavy atom. The highest BCUT2D eigenvalue weighted by atomic mass is 19.1. The number of nitrogens with zero attached hydrogens (tertiary/aromatic N) is 1. The summed E-state index contributed by atoms with van der Waals surface area (Å²) >= 11 is 0. The molecule has 18 heavy (non-hydrogen) atoms. The van der Waals surface area contributed by atoms with E-state index in [-0.39, 0.29) is 17.9 Å². The average Bonchev–Trinajstić information content (AvgIpc) is 2.41. The predicted molar refractivity (Wildman–Crippen MR) is 69.1 cm³/mol. The highest BCUT2D eigenvalue weighted by Crippen LogP contribution is 2.13. The minimum atomic E-state index is -0.306. The Balaban J connectivity index is 1.92. The number of nitrogens with one attached hydrogen (secondary N) is 2. The summed E-state index contributed by atoms with van der Waals surface area (Å²) in [7, 11) is 1.80. The first-order valence-electron chi connectivity index (χ1n) is 6.17. The molecule has 2 amide bonds. The topological polar surface area (TPSA) is 44.4 Å². The van der Waals surface area contributed by atoms with Crippen molar-refractivity contribution in [3.63, 3.8) is 0 Å². The van der Waals surface area contributed by atoms with E-state index >= 15 is 0 Å². The van der Waals surface area contributed by atoms with Crippen LogP contribution < -0.4 is 10.6 Å². The van der Waals surface area contributed by atoms with Crippen LogP contribution in [0.4, 0.5) is 14.9 Å². The van der Waals surface area contributed by atoms with E-state index in [4.69, 9.17) is 0 Å². The second kappa shape index (κ2) is 5.82. The maximum absolute atomic E-state index is 12.7. The quantitative estimate of drug-likeness (QED) is 0.845. The van der Waals surface area contributed by atoms with Crippen LogP contribution in [0.15, 0.2) is 24.3 Å². The van der Waals surface area contributed by atoms with E-state index in [2.05, 4.69) is 10.6 Å². The van der Waals surface area contributed by atoms with Crippen molar-refractivity contribution in [1.82, 2.24) is 10.2 Å². The summed E-state index contributed by atoms with van der Waals surface area (Å²) in [6, 6.07) is 5.91. The van der Waals surface area contributed by atoms with E-state index in [0.717, 1.165) is 25.9 Å². The van der Waals surface area contributed by atoms with Crippen LogP contribution in [0.25, 0.3) is 0 Å². The third-order valence-corrected chi connectivity index (χ3v) is 3.27. The van der Waals surface area contributed by atoms with Crippen LogP contribution in [0.2, 0.25) is 0 Å². The maximum atomic E-state index is 12.7. The lowest BCUT2D eigenvalue weighted by Crippen LogP contribution is -2.45. The number of carbonyl (C=O) groups excluding carboxylic acids is 1. The van der Waals surface area contributed by atoms with Gasteiger partial charge in [0, 0.05) is 18.8 Å². The lowest BCUT2D eigenvalue weighted by Gasteiger charge is -2.31. The van der Waals surface area contributed by atoms with E-state index in [1.54, 1.807) is 24.1 Å². The van der Waals surface area contributed by atoms with Crippen molar-refractivity contribution >= 4 is 11.7 Å². The van der Waals surface area contributed by atoms with Gasteiger partial charge in [0.2, 0.25) is 0 Å². The molecule has 0 spiro atoms. The van der Waals surface area contributed by atoms with Gasteiger partial charge in [-0.2, -0.15) is 0 Å². The number of benzene rings is 1. The van der Waals surface area contributed by atoms with Gasteiger partial charge in [0.05, 0.1) is 0 Å². The van der Waals surface area contributed by atoms with Crippen molar-refractivity contribution in [1.29, 1.82) is 0 Å². The molecule has 1 saturated heterocycles. The smallest absolute Gasteiger partial charge is 0.321 e. The number of anilines is 1. The van der Waals surface area contributed by atoms with Gasteiger partial charge in [0.1, 0.15) is 5.82 Å². The third kappa shape index (κ3) is 3.20. The van der Waals surface area contributed by atoms with Crippen LogP contribution >= 0.6 is 0 Å². The Kier molecular flexibility index (Phi) is 4.15. The van der Waals surface area contributed by atoms with Crippen LogP contribution in [-0.4, -0.2) is 37.1 Å². The molecule has 4 nitrogen and oxygen atoms in total. The Morgan fingerprint density at radius 3 is 2.56 bits per heavy atom. The lowest BCUT2D eigenvalue weighted by atomic mass is 10.1. The normalized spacial score (nSPS) is 16.3. The van der Waals surface area contributed by atoms with Crippen LogP contribution in [-0.2, 0) is 0 Å². The van der Waals surface area contributed by atoms with Crippen LogP contribution in [0.3, 0.4) is 0 Å². The molecule has 0 atom stereocenters. The number of carbonyl (C=O) groups is 1. The van der Waals surface area contributed by atoms with E-state index in [1.807, 2.05) is 0 Å². The number of halogens is 1. The molecule has 2 N–H and O–H groups in total. The number of urea groups is 1. The molecular formula is C13H18FN3O.